The molecule has 0 saturated heterocycles. The Kier molecular flexibility index (Phi) is 5.56. The lowest BCUT2D eigenvalue weighted by Crippen LogP contribution is -2.41. The molecule has 0 unspecified atom stereocenters. The van der Waals surface area contributed by atoms with Crippen LogP contribution in [0.5, 0.6) is 5.75 Å². The molecule has 5 nitrogen and oxygen atoms in total. The average Bonchev–Trinajstić information content (AvgIpc) is 2.75. The zero-order chi connectivity index (χ0) is 19.6. The van der Waals surface area contributed by atoms with E-state index in [4.69, 9.17) is 0 Å². The molecule has 1 aliphatic rings. The van der Waals surface area contributed by atoms with Gasteiger partial charge in [-0.05, 0) is 64.2 Å². The number of hydrogen-bond donors (Lipinski definition) is 3. The second-order valence-electron chi connectivity index (χ2n) is 7.94. The number of para-hydroxylation sites is 1. The lowest BCUT2D eigenvalue weighted by Gasteiger charge is -2.21. The Morgan fingerprint density at radius 1 is 1.04 bits per heavy atom. The molecule has 3 rings (SSSR count). The largest absolute Gasteiger partial charge is 0.507 e. The first-order chi connectivity index (χ1) is 12.8. The van der Waals surface area contributed by atoms with Crippen LogP contribution >= 0.6 is 11.3 Å². The summed E-state index contributed by atoms with van der Waals surface area (Å²) < 4.78 is 0. The van der Waals surface area contributed by atoms with Gasteiger partial charge in [-0.2, -0.15) is 0 Å². The fourth-order valence-corrected chi connectivity index (χ4v) is 4.59. The van der Waals surface area contributed by atoms with E-state index in [0.717, 1.165) is 37.7 Å². The van der Waals surface area contributed by atoms with Crippen molar-refractivity contribution in [2.75, 3.05) is 5.32 Å². The van der Waals surface area contributed by atoms with E-state index in [1.807, 2.05) is 20.8 Å². The van der Waals surface area contributed by atoms with Gasteiger partial charge < -0.3 is 15.7 Å². The Labute approximate surface area is 163 Å². The third-order valence-corrected chi connectivity index (χ3v) is 5.72. The van der Waals surface area contributed by atoms with Gasteiger partial charge in [-0.15, -0.1) is 11.3 Å². The highest BCUT2D eigenvalue weighted by molar-refractivity contribution is 7.17. The van der Waals surface area contributed by atoms with Crippen LogP contribution in [0.15, 0.2) is 24.3 Å². The van der Waals surface area contributed by atoms with Crippen molar-refractivity contribution in [1.82, 2.24) is 5.32 Å². The van der Waals surface area contributed by atoms with Gasteiger partial charge in [0.15, 0.2) is 0 Å². The monoisotopic (exact) mass is 386 g/mol. The molecule has 0 bridgehead atoms. The molecule has 1 aromatic carbocycles. The van der Waals surface area contributed by atoms with Gasteiger partial charge in [0, 0.05) is 10.4 Å². The molecule has 1 aromatic heterocycles. The molecule has 0 spiro atoms. The van der Waals surface area contributed by atoms with Gasteiger partial charge in [-0.25, -0.2) is 0 Å². The number of amides is 2. The number of anilines is 1. The number of thiophene rings is 1. The van der Waals surface area contributed by atoms with Crippen LogP contribution in [0.1, 0.15) is 71.2 Å². The average molecular weight is 387 g/mol. The third-order valence-electron chi connectivity index (χ3n) is 4.51. The maximum absolute atomic E-state index is 13.0. The molecule has 6 heteroatoms. The van der Waals surface area contributed by atoms with E-state index in [1.165, 1.54) is 22.3 Å². The number of phenols is 1. The van der Waals surface area contributed by atoms with E-state index in [1.54, 1.807) is 18.2 Å². The molecule has 1 aliphatic carbocycles. The first kappa shape index (κ1) is 19.4. The SMILES string of the molecule is CC(C)(C)NC(=O)c1c(NC(=O)c2ccccc2O)sc2c1CCCCC2. The highest BCUT2D eigenvalue weighted by Crippen LogP contribution is 2.38. The predicted molar refractivity (Wildman–Crippen MR) is 109 cm³/mol. The van der Waals surface area contributed by atoms with E-state index >= 15 is 0 Å². The highest BCUT2D eigenvalue weighted by atomic mass is 32.1. The van der Waals surface area contributed by atoms with Crippen molar-refractivity contribution in [2.24, 2.45) is 0 Å². The summed E-state index contributed by atoms with van der Waals surface area (Å²) in [5.74, 6) is -0.641. The summed E-state index contributed by atoms with van der Waals surface area (Å²) in [5.41, 5.74) is 1.47. The van der Waals surface area contributed by atoms with Crippen LogP contribution < -0.4 is 10.6 Å². The quantitative estimate of drug-likeness (QED) is 0.680. The van der Waals surface area contributed by atoms with Crippen molar-refractivity contribution in [3.63, 3.8) is 0 Å². The molecule has 3 N–H and O–H groups in total. The summed E-state index contributed by atoms with van der Waals surface area (Å²) in [6, 6.07) is 6.41. The fourth-order valence-electron chi connectivity index (χ4n) is 3.31. The molecule has 1 heterocycles. The van der Waals surface area contributed by atoms with Crippen molar-refractivity contribution in [3.8, 4) is 5.75 Å². The first-order valence-corrected chi connectivity index (χ1v) is 10.1. The molecule has 27 heavy (non-hydrogen) atoms. The molecule has 0 aliphatic heterocycles. The molecule has 0 radical (unpaired) electrons. The van der Waals surface area contributed by atoms with Crippen molar-refractivity contribution in [2.45, 2.75) is 58.4 Å². The highest BCUT2D eigenvalue weighted by Gasteiger charge is 2.28. The summed E-state index contributed by atoms with van der Waals surface area (Å²) in [7, 11) is 0. The van der Waals surface area contributed by atoms with Crippen LogP contribution in [0.3, 0.4) is 0 Å². The molecular weight excluding hydrogens is 360 g/mol. The van der Waals surface area contributed by atoms with Crippen LogP contribution in [0.2, 0.25) is 0 Å². The zero-order valence-corrected chi connectivity index (χ0v) is 16.8. The number of rotatable bonds is 3. The molecule has 0 fully saturated rings. The molecule has 144 valence electrons. The van der Waals surface area contributed by atoms with Crippen LogP contribution in [0.4, 0.5) is 5.00 Å². The second kappa shape index (κ2) is 7.72. The number of nitrogens with one attached hydrogen (secondary N) is 2. The van der Waals surface area contributed by atoms with Crippen molar-refractivity contribution in [3.05, 3.63) is 45.8 Å². The number of fused-ring (bicyclic) bond motifs is 1. The minimum Gasteiger partial charge on any atom is -0.507 e. The van der Waals surface area contributed by atoms with Gasteiger partial charge in [-0.3, -0.25) is 9.59 Å². The summed E-state index contributed by atoms with van der Waals surface area (Å²) in [6.45, 7) is 5.82. The number of benzene rings is 1. The fraction of sp³-hybridized carbons (Fsp3) is 0.429. The van der Waals surface area contributed by atoms with Gasteiger partial charge in [0.25, 0.3) is 11.8 Å². The lowest BCUT2D eigenvalue weighted by atomic mass is 10.0. The number of carbonyl (C=O) groups excluding carboxylic acids is 2. The number of hydrogen-bond acceptors (Lipinski definition) is 4. The first-order valence-electron chi connectivity index (χ1n) is 9.32. The summed E-state index contributed by atoms with van der Waals surface area (Å²) in [5, 5.41) is 16.4. The molecular formula is C21H26N2O3S. The molecule has 2 aromatic rings. The van der Waals surface area contributed by atoms with Crippen LogP contribution in [-0.4, -0.2) is 22.5 Å². The third kappa shape index (κ3) is 4.50. The Morgan fingerprint density at radius 3 is 2.44 bits per heavy atom. The number of carbonyl (C=O) groups is 2. The van der Waals surface area contributed by atoms with Crippen molar-refractivity contribution in [1.29, 1.82) is 0 Å². The topological polar surface area (TPSA) is 78.4 Å². The number of aromatic hydroxyl groups is 1. The lowest BCUT2D eigenvalue weighted by molar-refractivity contribution is 0.0920. The van der Waals surface area contributed by atoms with Crippen molar-refractivity contribution < 1.29 is 14.7 Å². The summed E-state index contributed by atoms with van der Waals surface area (Å²) >= 11 is 1.48. The minimum atomic E-state index is -0.408. The van der Waals surface area contributed by atoms with Gasteiger partial charge in [0.1, 0.15) is 10.8 Å². The van der Waals surface area contributed by atoms with Crippen LogP contribution in [-0.2, 0) is 12.8 Å². The van der Waals surface area contributed by atoms with E-state index in [0.29, 0.717) is 10.6 Å². The van der Waals surface area contributed by atoms with E-state index in [-0.39, 0.29) is 22.8 Å². The van der Waals surface area contributed by atoms with Gasteiger partial charge in [0.05, 0.1) is 11.1 Å². The van der Waals surface area contributed by atoms with E-state index in [9.17, 15) is 14.7 Å². The number of aryl methyl sites for hydroxylation is 1. The second-order valence-corrected chi connectivity index (χ2v) is 9.05. The number of phenolic OH excluding ortho intramolecular Hbond substituents is 1. The predicted octanol–water partition coefficient (Wildman–Crippen LogP) is 4.50. The zero-order valence-electron chi connectivity index (χ0n) is 16.0. The smallest absolute Gasteiger partial charge is 0.260 e. The minimum absolute atomic E-state index is 0.0752. The maximum atomic E-state index is 13.0. The van der Waals surface area contributed by atoms with Gasteiger partial charge in [0.2, 0.25) is 0 Å². The summed E-state index contributed by atoms with van der Waals surface area (Å²) in [6.07, 6.45) is 5.09. The van der Waals surface area contributed by atoms with Gasteiger partial charge in [-0.1, -0.05) is 18.6 Å². The van der Waals surface area contributed by atoms with Crippen LogP contribution in [0, 0.1) is 0 Å². The van der Waals surface area contributed by atoms with Crippen molar-refractivity contribution >= 4 is 28.2 Å². The Morgan fingerprint density at radius 2 is 1.74 bits per heavy atom. The maximum Gasteiger partial charge on any atom is 0.260 e. The Hall–Kier alpha value is -2.34. The standard InChI is InChI=1S/C21H26N2O3S/c1-21(2,3)23-19(26)17-14-10-5-4-6-12-16(14)27-20(17)22-18(25)13-9-7-8-11-15(13)24/h7-9,11,24H,4-6,10,12H2,1-3H3,(H,22,25)(H,23,26). The van der Waals surface area contributed by atoms with E-state index < -0.39 is 5.91 Å². The Balaban J connectivity index is 1.98. The summed E-state index contributed by atoms with van der Waals surface area (Å²) in [4.78, 5) is 26.9. The normalized spacial score (nSPS) is 14.2. The Bertz CT molecular complexity index is 865. The molecule has 2 amide bonds. The molecule has 0 atom stereocenters. The molecule has 0 saturated carbocycles. The van der Waals surface area contributed by atoms with Crippen LogP contribution in [0.25, 0.3) is 0 Å². The van der Waals surface area contributed by atoms with E-state index in [2.05, 4.69) is 10.6 Å². The van der Waals surface area contributed by atoms with Gasteiger partial charge >= 0.3 is 0 Å².